The largest absolute Gasteiger partial charge is 0.512 e. The number of aliphatic hydroxyl groups is 1. The van der Waals surface area contributed by atoms with Gasteiger partial charge in [0.05, 0.1) is 11.3 Å². The van der Waals surface area contributed by atoms with E-state index in [1.807, 2.05) is 109 Å². The molecule has 0 aliphatic carbocycles. The number of hydrogen-bond acceptors (Lipinski definition) is 5. The Balaban J connectivity index is 0.000000216. The SMILES string of the molecule is CC(=O)C=C(C)O.Cc1[c-]c(-c2ccc3ccccc3n2)cc(C)c1.Cc1cc(-c2[c-]cccc2)ncc1-c1ccccc1.[Ir].[Ir].[c-]1ccccc1-c1ccccn1. The van der Waals surface area contributed by atoms with Gasteiger partial charge in [-0.15, -0.1) is 107 Å². The summed E-state index contributed by atoms with van der Waals surface area (Å²) < 4.78 is 0. The van der Waals surface area contributed by atoms with Gasteiger partial charge in [0.15, 0.2) is 5.78 Å². The smallest absolute Gasteiger partial charge is 0.155 e. The molecule has 3 aromatic heterocycles. The Bertz CT molecular complexity index is 2430. The van der Waals surface area contributed by atoms with Crippen LogP contribution in [0.25, 0.3) is 55.8 Å². The van der Waals surface area contributed by atoms with Gasteiger partial charge >= 0.3 is 0 Å². The van der Waals surface area contributed by atoms with Crippen LogP contribution in [0.3, 0.4) is 0 Å². The summed E-state index contributed by atoms with van der Waals surface area (Å²) in [6.45, 7) is 9.14. The minimum Gasteiger partial charge on any atom is -0.512 e. The molecule has 0 unspecified atom stereocenters. The van der Waals surface area contributed by atoms with E-state index in [0.717, 1.165) is 44.9 Å². The van der Waals surface area contributed by atoms with Gasteiger partial charge in [-0.2, -0.15) is 0 Å². The fourth-order valence-electron chi connectivity index (χ4n) is 5.79. The van der Waals surface area contributed by atoms with E-state index in [1.165, 1.54) is 47.6 Å². The van der Waals surface area contributed by atoms with E-state index >= 15 is 0 Å². The molecule has 0 saturated heterocycles. The summed E-state index contributed by atoms with van der Waals surface area (Å²) in [4.78, 5) is 23.5. The minimum absolute atomic E-state index is 0. The zero-order chi connectivity index (χ0) is 39.7. The Labute approximate surface area is 369 Å². The zero-order valence-corrected chi connectivity index (χ0v) is 37.8. The summed E-state index contributed by atoms with van der Waals surface area (Å²) in [5.74, 6) is -0.0625. The molecule has 0 aliphatic rings. The van der Waals surface area contributed by atoms with Gasteiger partial charge in [-0.1, -0.05) is 92.7 Å². The molecule has 296 valence electrons. The van der Waals surface area contributed by atoms with Crippen molar-refractivity contribution in [2.75, 3.05) is 0 Å². The second-order valence-electron chi connectivity index (χ2n) is 13.1. The number of aryl methyl sites for hydroxylation is 3. The molecule has 7 heteroatoms. The maximum atomic E-state index is 10.0. The summed E-state index contributed by atoms with van der Waals surface area (Å²) in [5, 5.41) is 9.53. The number of nitrogens with zero attached hydrogens (tertiary/aromatic N) is 3. The van der Waals surface area contributed by atoms with Crippen LogP contribution in [0.1, 0.15) is 30.5 Å². The van der Waals surface area contributed by atoms with E-state index in [-0.39, 0.29) is 51.8 Å². The van der Waals surface area contributed by atoms with Gasteiger partial charge in [-0.05, 0) is 66.5 Å². The number of allylic oxidation sites excluding steroid dienone is 2. The van der Waals surface area contributed by atoms with Crippen LogP contribution in [0.4, 0.5) is 0 Å². The van der Waals surface area contributed by atoms with Crippen molar-refractivity contribution >= 4 is 16.7 Å². The third-order valence-corrected chi connectivity index (χ3v) is 8.27. The van der Waals surface area contributed by atoms with E-state index in [1.54, 1.807) is 6.20 Å². The molecule has 1 N–H and O–H groups in total. The Morgan fingerprint density at radius 1 is 0.621 bits per heavy atom. The van der Waals surface area contributed by atoms with Crippen molar-refractivity contribution in [2.45, 2.75) is 34.6 Å². The van der Waals surface area contributed by atoms with Crippen molar-refractivity contribution in [1.82, 2.24) is 15.0 Å². The summed E-state index contributed by atoms with van der Waals surface area (Å²) in [6, 6.07) is 60.4. The molecule has 58 heavy (non-hydrogen) atoms. The molecule has 3 heterocycles. The second kappa shape index (κ2) is 24.2. The number of benzene rings is 5. The molecule has 8 rings (SSSR count). The van der Waals surface area contributed by atoms with Crippen LogP contribution in [0.15, 0.2) is 176 Å². The van der Waals surface area contributed by atoms with Crippen molar-refractivity contribution in [2.24, 2.45) is 0 Å². The molecule has 0 bridgehead atoms. The number of ketones is 1. The quantitative estimate of drug-likeness (QED) is 0.106. The zero-order valence-electron chi connectivity index (χ0n) is 33.0. The molecule has 5 aromatic carbocycles. The van der Waals surface area contributed by atoms with Crippen LogP contribution >= 0.6 is 0 Å². The maximum Gasteiger partial charge on any atom is 0.155 e. The summed E-state index contributed by atoms with van der Waals surface area (Å²) in [7, 11) is 0. The fraction of sp³-hybridized carbons (Fsp3) is 0.0980. The van der Waals surface area contributed by atoms with Gasteiger partial charge in [-0.3, -0.25) is 9.78 Å². The van der Waals surface area contributed by atoms with Crippen molar-refractivity contribution in [3.05, 3.63) is 211 Å². The predicted octanol–water partition coefficient (Wildman–Crippen LogP) is 12.4. The van der Waals surface area contributed by atoms with Crippen LogP contribution in [0, 0.1) is 39.0 Å². The first-order chi connectivity index (χ1) is 27.2. The fourth-order valence-corrected chi connectivity index (χ4v) is 5.79. The molecule has 5 nitrogen and oxygen atoms in total. The number of hydrogen-bond donors (Lipinski definition) is 1. The normalized spacial score (nSPS) is 10.1. The maximum absolute atomic E-state index is 10.0. The monoisotopic (exact) mass is 1120 g/mol. The molecule has 0 atom stereocenters. The molecule has 0 aliphatic heterocycles. The van der Waals surface area contributed by atoms with E-state index in [4.69, 9.17) is 10.1 Å². The molecule has 0 amide bonds. The summed E-state index contributed by atoms with van der Waals surface area (Å²) in [5.41, 5.74) is 13.1. The van der Waals surface area contributed by atoms with Crippen LogP contribution in [0.5, 0.6) is 0 Å². The average Bonchev–Trinajstić information content (AvgIpc) is 3.22. The molecule has 0 spiro atoms. The number of aromatic nitrogens is 3. The Morgan fingerprint density at radius 3 is 1.83 bits per heavy atom. The van der Waals surface area contributed by atoms with Gasteiger partial charge in [0, 0.05) is 64.2 Å². The van der Waals surface area contributed by atoms with E-state index in [9.17, 15) is 4.79 Å². The third kappa shape index (κ3) is 14.7. The standard InChI is InChI=1S/C18H14N.C17H14N.C11H8N.C5H8O2.2Ir/c1-14-12-18(16-10-6-3-7-11-16)19-13-17(14)15-8-4-2-5-9-15;1-12-9-13(2)11-15(10-12)17-8-7-14-5-3-4-6-16(14)18-17;1-2-6-10(7-3-1)11-8-4-5-9-12-11;1-4(6)3-5(2)7;;/h2-10,12-13H,1H3;3-10H,1-2H3;1-6,8-9H;3,6H,1-2H3;;/q3*-1;;;. The van der Waals surface area contributed by atoms with Crippen LogP contribution in [0.2, 0.25) is 0 Å². The number of para-hydroxylation sites is 1. The second-order valence-corrected chi connectivity index (χ2v) is 13.1. The van der Waals surface area contributed by atoms with Gasteiger partial charge < -0.3 is 15.1 Å². The third-order valence-electron chi connectivity index (χ3n) is 8.27. The van der Waals surface area contributed by atoms with Crippen molar-refractivity contribution in [1.29, 1.82) is 0 Å². The number of rotatable bonds is 5. The van der Waals surface area contributed by atoms with Gasteiger partial charge in [0.2, 0.25) is 0 Å². The molecular formula is C51H44Ir2N3O2-3. The van der Waals surface area contributed by atoms with Gasteiger partial charge in [-0.25, -0.2) is 0 Å². The molecular weight excluding hydrogens is 1070 g/mol. The molecule has 0 fully saturated rings. The van der Waals surface area contributed by atoms with Crippen LogP contribution in [-0.2, 0) is 45.0 Å². The first-order valence-corrected chi connectivity index (χ1v) is 18.3. The Kier molecular flexibility index (Phi) is 19.5. The number of carbonyl (C=O) groups is 1. The predicted molar refractivity (Wildman–Crippen MR) is 230 cm³/mol. The van der Waals surface area contributed by atoms with Gasteiger partial charge in [0.1, 0.15) is 0 Å². The van der Waals surface area contributed by atoms with Crippen molar-refractivity contribution < 1.29 is 50.1 Å². The van der Waals surface area contributed by atoms with Crippen molar-refractivity contribution in [3.8, 4) is 44.9 Å². The topological polar surface area (TPSA) is 76.0 Å². The van der Waals surface area contributed by atoms with Crippen molar-refractivity contribution in [3.63, 3.8) is 0 Å². The Morgan fingerprint density at radius 2 is 1.26 bits per heavy atom. The van der Waals surface area contributed by atoms with E-state index in [2.05, 4.69) is 97.5 Å². The number of pyridine rings is 3. The number of aliphatic hydroxyl groups excluding tert-OH is 1. The van der Waals surface area contributed by atoms with Crippen LogP contribution < -0.4 is 0 Å². The average molecular weight is 1120 g/mol. The van der Waals surface area contributed by atoms with E-state index < -0.39 is 0 Å². The number of carbonyl (C=O) groups excluding carboxylic acids is 1. The summed E-state index contributed by atoms with van der Waals surface area (Å²) in [6.07, 6.45) is 4.90. The number of fused-ring (bicyclic) bond motifs is 1. The summed E-state index contributed by atoms with van der Waals surface area (Å²) >= 11 is 0. The first kappa shape index (κ1) is 46.7. The Hall–Kier alpha value is -5.68. The molecule has 2 radical (unpaired) electrons. The minimum atomic E-state index is -0.125. The van der Waals surface area contributed by atoms with E-state index in [0.29, 0.717) is 0 Å². The van der Waals surface area contributed by atoms with Crippen LogP contribution in [-0.4, -0.2) is 25.8 Å². The van der Waals surface area contributed by atoms with Gasteiger partial charge in [0.25, 0.3) is 0 Å². The molecule has 8 aromatic rings. The molecule has 0 saturated carbocycles. The first-order valence-electron chi connectivity index (χ1n) is 18.3.